The van der Waals surface area contributed by atoms with E-state index < -0.39 is 54.4 Å². The average Bonchev–Trinajstić information content (AvgIpc) is 2.48. The van der Waals surface area contributed by atoms with Gasteiger partial charge in [-0.05, 0) is 24.3 Å². The maximum absolute atomic E-state index is 13.5. The number of hydrogen-bond acceptors (Lipinski definition) is 5. The minimum Gasteiger partial charge on any atom is -0.502 e. The lowest BCUT2D eigenvalue weighted by Gasteiger charge is -2.09. The fourth-order valence-corrected chi connectivity index (χ4v) is 2.70. The molecule has 0 aromatic heterocycles. The Morgan fingerprint density at radius 2 is 1.74 bits per heavy atom. The number of anilines is 1. The van der Waals surface area contributed by atoms with Gasteiger partial charge in [0.15, 0.2) is 23.2 Å². The predicted molar refractivity (Wildman–Crippen MR) is 71.9 cm³/mol. The first-order valence-corrected chi connectivity index (χ1v) is 7.25. The molecule has 0 spiro atoms. The lowest BCUT2D eigenvalue weighted by molar-refractivity contribution is -0.386. The molecule has 23 heavy (non-hydrogen) atoms. The number of rotatable bonds is 4. The molecule has 0 aliphatic heterocycles. The molecule has 0 atom stereocenters. The Labute approximate surface area is 127 Å². The van der Waals surface area contributed by atoms with E-state index >= 15 is 0 Å². The average molecular weight is 348 g/mol. The zero-order valence-corrected chi connectivity index (χ0v) is 11.8. The van der Waals surface area contributed by atoms with Crippen LogP contribution in [-0.2, 0) is 10.0 Å². The lowest BCUT2D eigenvalue weighted by atomic mass is 10.3. The van der Waals surface area contributed by atoms with Crippen molar-refractivity contribution >= 4 is 21.4 Å². The first-order chi connectivity index (χ1) is 10.6. The molecule has 0 amide bonds. The zero-order valence-electron chi connectivity index (χ0n) is 11.0. The summed E-state index contributed by atoms with van der Waals surface area (Å²) in [6.07, 6.45) is 0. The molecule has 0 heterocycles. The zero-order chi connectivity index (χ0) is 17.4. The predicted octanol–water partition coefficient (Wildman–Crippen LogP) is 2.52. The molecule has 2 N–H and O–H groups in total. The molecule has 0 saturated carbocycles. The van der Waals surface area contributed by atoms with E-state index in [1.807, 2.05) is 0 Å². The molecule has 2 aromatic carbocycles. The number of phenolic OH excluding ortho intramolecular Hbond substituents is 1. The molecule has 0 unspecified atom stereocenters. The van der Waals surface area contributed by atoms with Crippen molar-refractivity contribution in [2.75, 3.05) is 4.72 Å². The van der Waals surface area contributed by atoms with Gasteiger partial charge in [0, 0.05) is 6.07 Å². The molecule has 0 aliphatic carbocycles. The number of nitrogens with zero attached hydrogens (tertiary/aromatic N) is 1. The standard InChI is InChI=1S/C12H7F3N2O5S/c13-7-2-3-8(12(15)11(7)14)16-23(21,22)6-1-4-10(18)9(5-6)17(19)20/h1-5,16,18H. The summed E-state index contributed by atoms with van der Waals surface area (Å²) in [6, 6.07) is 3.28. The number of hydrogen-bond donors (Lipinski definition) is 2. The van der Waals surface area contributed by atoms with E-state index in [1.165, 1.54) is 0 Å². The Kier molecular flexibility index (Phi) is 4.14. The van der Waals surface area contributed by atoms with Gasteiger partial charge in [-0.1, -0.05) is 0 Å². The third-order valence-electron chi connectivity index (χ3n) is 2.73. The Bertz CT molecular complexity index is 902. The SMILES string of the molecule is O=[N+]([O-])c1cc(S(=O)(=O)Nc2ccc(F)c(F)c2F)ccc1O. The number of aromatic hydroxyl groups is 1. The third kappa shape index (κ3) is 3.18. The fourth-order valence-electron chi connectivity index (χ4n) is 1.63. The molecular weight excluding hydrogens is 341 g/mol. The summed E-state index contributed by atoms with van der Waals surface area (Å²) in [4.78, 5) is 8.98. The molecule has 0 radical (unpaired) electrons. The maximum Gasteiger partial charge on any atom is 0.312 e. The summed E-state index contributed by atoms with van der Waals surface area (Å²) in [5.74, 6) is -5.91. The largest absolute Gasteiger partial charge is 0.502 e. The molecule has 0 saturated heterocycles. The van der Waals surface area contributed by atoms with E-state index in [9.17, 15) is 36.8 Å². The van der Waals surface area contributed by atoms with Crippen LogP contribution in [0.5, 0.6) is 5.75 Å². The fraction of sp³-hybridized carbons (Fsp3) is 0. The highest BCUT2D eigenvalue weighted by atomic mass is 32.2. The first-order valence-electron chi connectivity index (χ1n) is 5.77. The van der Waals surface area contributed by atoms with Crippen LogP contribution >= 0.6 is 0 Å². The van der Waals surface area contributed by atoms with Gasteiger partial charge >= 0.3 is 5.69 Å². The van der Waals surface area contributed by atoms with E-state index in [2.05, 4.69) is 0 Å². The summed E-state index contributed by atoms with van der Waals surface area (Å²) in [7, 11) is -4.53. The van der Waals surface area contributed by atoms with Gasteiger partial charge in [-0.15, -0.1) is 0 Å². The molecule has 11 heteroatoms. The van der Waals surface area contributed by atoms with Gasteiger partial charge in [-0.2, -0.15) is 0 Å². The van der Waals surface area contributed by atoms with Gasteiger partial charge in [0.25, 0.3) is 10.0 Å². The monoisotopic (exact) mass is 348 g/mol. The maximum atomic E-state index is 13.5. The van der Waals surface area contributed by atoms with E-state index in [1.54, 1.807) is 4.72 Å². The Balaban J connectivity index is 2.46. The first kappa shape index (κ1) is 16.5. The van der Waals surface area contributed by atoms with Crippen molar-refractivity contribution in [2.24, 2.45) is 0 Å². The Morgan fingerprint density at radius 1 is 1.09 bits per heavy atom. The van der Waals surface area contributed by atoms with Crippen LogP contribution in [0.2, 0.25) is 0 Å². The number of halogens is 3. The van der Waals surface area contributed by atoms with Crippen LogP contribution in [0.3, 0.4) is 0 Å². The highest BCUT2D eigenvalue weighted by molar-refractivity contribution is 7.92. The van der Waals surface area contributed by atoms with Crippen molar-refractivity contribution in [2.45, 2.75) is 4.90 Å². The number of nitro benzene ring substituents is 1. The van der Waals surface area contributed by atoms with E-state index in [4.69, 9.17) is 0 Å². The summed E-state index contributed by atoms with van der Waals surface area (Å²) in [5.41, 5.74) is -1.77. The topological polar surface area (TPSA) is 110 Å². The third-order valence-corrected chi connectivity index (χ3v) is 4.10. The molecular formula is C12H7F3N2O5S. The number of phenols is 1. The number of sulfonamides is 1. The van der Waals surface area contributed by atoms with Crippen molar-refractivity contribution < 1.29 is 31.6 Å². The highest BCUT2D eigenvalue weighted by Gasteiger charge is 2.23. The summed E-state index contributed by atoms with van der Waals surface area (Å²) >= 11 is 0. The lowest BCUT2D eigenvalue weighted by Crippen LogP contribution is -2.15. The highest BCUT2D eigenvalue weighted by Crippen LogP contribution is 2.29. The molecule has 0 bridgehead atoms. The Hall–Kier alpha value is -2.82. The second-order valence-corrected chi connectivity index (χ2v) is 5.92. The molecule has 0 aliphatic rings. The number of benzene rings is 2. The van der Waals surface area contributed by atoms with Gasteiger partial charge in [-0.3, -0.25) is 14.8 Å². The van der Waals surface area contributed by atoms with Crippen LogP contribution in [0.25, 0.3) is 0 Å². The normalized spacial score (nSPS) is 11.3. The smallest absolute Gasteiger partial charge is 0.312 e. The van der Waals surface area contributed by atoms with E-state index in [-0.39, 0.29) is 0 Å². The van der Waals surface area contributed by atoms with Crippen LogP contribution in [0.4, 0.5) is 24.5 Å². The molecule has 2 aromatic rings. The van der Waals surface area contributed by atoms with Crippen molar-refractivity contribution in [3.8, 4) is 5.75 Å². The molecule has 0 fully saturated rings. The summed E-state index contributed by atoms with van der Waals surface area (Å²) < 4.78 is 65.1. The van der Waals surface area contributed by atoms with Gasteiger partial charge < -0.3 is 5.11 Å². The van der Waals surface area contributed by atoms with Crippen LogP contribution in [0, 0.1) is 27.6 Å². The van der Waals surface area contributed by atoms with Crippen molar-refractivity contribution in [1.82, 2.24) is 0 Å². The Morgan fingerprint density at radius 3 is 2.35 bits per heavy atom. The van der Waals surface area contributed by atoms with Gasteiger partial charge in [-0.25, -0.2) is 21.6 Å². The van der Waals surface area contributed by atoms with Crippen molar-refractivity contribution in [3.05, 3.63) is 57.9 Å². The van der Waals surface area contributed by atoms with Crippen LogP contribution in [-0.4, -0.2) is 18.4 Å². The van der Waals surface area contributed by atoms with Crippen molar-refractivity contribution in [3.63, 3.8) is 0 Å². The van der Waals surface area contributed by atoms with Gasteiger partial charge in [0.2, 0.25) is 0 Å². The number of nitro groups is 1. The van der Waals surface area contributed by atoms with Crippen molar-refractivity contribution in [1.29, 1.82) is 0 Å². The van der Waals surface area contributed by atoms with E-state index in [0.717, 1.165) is 12.1 Å². The quantitative estimate of drug-likeness (QED) is 0.501. The second-order valence-electron chi connectivity index (χ2n) is 4.24. The second kappa shape index (κ2) is 5.76. The summed E-state index contributed by atoms with van der Waals surface area (Å²) in [5, 5.41) is 19.9. The van der Waals surface area contributed by atoms with Crippen LogP contribution < -0.4 is 4.72 Å². The van der Waals surface area contributed by atoms with Crippen LogP contribution in [0.1, 0.15) is 0 Å². The minimum atomic E-state index is -4.53. The summed E-state index contributed by atoms with van der Waals surface area (Å²) in [6.45, 7) is 0. The molecule has 7 nitrogen and oxygen atoms in total. The number of nitrogens with one attached hydrogen (secondary N) is 1. The van der Waals surface area contributed by atoms with Crippen LogP contribution in [0.15, 0.2) is 35.2 Å². The van der Waals surface area contributed by atoms with Gasteiger partial charge in [0.1, 0.15) is 0 Å². The molecule has 122 valence electrons. The molecule has 2 rings (SSSR count). The van der Waals surface area contributed by atoms with Gasteiger partial charge in [0.05, 0.1) is 15.5 Å². The van der Waals surface area contributed by atoms with E-state index in [0.29, 0.717) is 18.2 Å². The minimum absolute atomic E-state index is 0.509.